The first-order valence-electron chi connectivity index (χ1n) is 7.67. The normalized spacial score (nSPS) is 12.6. The average Bonchev–Trinajstić information content (AvgIpc) is 2.95. The first-order valence-corrected chi connectivity index (χ1v) is 8.47. The molecule has 0 aliphatic carbocycles. The van der Waals surface area contributed by atoms with Gasteiger partial charge < -0.3 is 9.67 Å². The molecule has 0 spiro atoms. The highest BCUT2D eigenvalue weighted by molar-refractivity contribution is 9.10. The van der Waals surface area contributed by atoms with E-state index in [1.54, 1.807) is 16.7 Å². The number of hydrogen-bond donors (Lipinski definition) is 1. The first-order chi connectivity index (χ1) is 12.1. The van der Waals surface area contributed by atoms with Gasteiger partial charge in [0, 0.05) is 32.9 Å². The molecule has 1 unspecified atom stereocenters. The van der Waals surface area contributed by atoms with Crippen molar-refractivity contribution in [3.05, 3.63) is 86.9 Å². The van der Waals surface area contributed by atoms with Crippen molar-refractivity contribution in [2.45, 2.75) is 6.23 Å². The largest absolute Gasteiger partial charge is 0.369 e. The summed E-state index contributed by atoms with van der Waals surface area (Å²) in [4.78, 5) is 10.7. The van der Waals surface area contributed by atoms with Crippen LogP contribution in [-0.2, 0) is 0 Å². The topological polar surface area (TPSA) is 68.3 Å². The Kier molecular flexibility index (Phi) is 3.78. The molecule has 1 N–H and O–H groups in total. The predicted octanol–water partition coefficient (Wildman–Crippen LogP) is 5.00. The van der Waals surface area contributed by atoms with Gasteiger partial charge in [-0.25, -0.2) is 0 Å². The molecule has 6 heteroatoms. The number of aromatic nitrogens is 1. The Balaban J connectivity index is 2.05. The lowest BCUT2D eigenvalue weighted by molar-refractivity contribution is -0.384. The smallest absolute Gasteiger partial charge is 0.270 e. The van der Waals surface area contributed by atoms with Gasteiger partial charge in [-0.2, -0.15) is 0 Å². The molecule has 0 saturated heterocycles. The highest BCUT2D eigenvalue weighted by atomic mass is 79.9. The molecule has 124 valence electrons. The number of hydrogen-bond acceptors (Lipinski definition) is 3. The number of nitro groups is 1. The third kappa shape index (κ3) is 2.50. The molecule has 1 atom stereocenters. The van der Waals surface area contributed by atoms with Crippen molar-refractivity contribution in [2.24, 2.45) is 0 Å². The van der Waals surface area contributed by atoms with Gasteiger partial charge in [0.25, 0.3) is 5.69 Å². The fraction of sp³-hybridized carbons (Fsp3) is 0.0526. The molecular formula is C19H13BrN2O3. The average molecular weight is 397 g/mol. The highest BCUT2D eigenvalue weighted by Crippen LogP contribution is 2.36. The summed E-state index contributed by atoms with van der Waals surface area (Å²) in [5, 5.41) is 23.8. The SMILES string of the molecule is O=[N+]([O-])c1ccc2c(c1)c1ccccc1n2C(O)c1ccccc1Br. The first kappa shape index (κ1) is 15.8. The van der Waals surface area contributed by atoms with Crippen LogP contribution in [0.15, 0.2) is 71.2 Å². The molecule has 4 rings (SSSR count). The molecule has 5 nitrogen and oxygen atoms in total. The van der Waals surface area contributed by atoms with E-state index < -0.39 is 11.2 Å². The Morgan fingerprint density at radius 2 is 1.64 bits per heavy atom. The maximum absolute atomic E-state index is 11.1. The van der Waals surface area contributed by atoms with E-state index >= 15 is 0 Å². The van der Waals surface area contributed by atoms with Crippen LogP contribution in [0.4, 0.5) is 5.69 Å². The van der Waals surface area contributed by atoms with Gasteiger partial charge in [0.1, 0.15) is 0 Å². The lowest BCUT2D eigenvalue weighted by atomic mass is 10.1. The van der Waals surface area contributed by atoms with E-state index in [0.29, 0.717) is 0 Å². The highest BCUT2D eigenvalue weighted by Gasteiger charge is 2.20. The van der Waals surface area contributed by atoms with Crippen molar-refractivity contribution >= 4 is 43.4 Å². The molecule has 3 aromatic carbocycles. The third-order valence-electron chi connectivity index (χ3n) is 4.33. The number of rotatable bonds is 3. The fourth-order valence-corrected chi connectivity index (χ4v) is 3.68. The molecule has 4 aromatic rings. The number of para-hydroxylation sites is 1. The van der Waals surface area contributed by atoms with Gasteiger partial charge in [-0.15, -0.1) is 0 Å². The van der Waals surface area contributed by atoms with Crippen LogP contribution in [0.1, 0.15) is 11.8 Å². The molecule has 0 saturated carbocycles. The van der Waals surface area contributed by atoms with Crippen LogP contribution < -0.4 is 0 Å². The Morgan fingerprint density at radius 1 is 0.960 bits per heavy atom. The second-order valence-corrected chi connectivity index (χ2v) is 6.60. The van der Waals surface area contributed by atoms with Gasteiger partial charge in [0.15, 0.2) is 6.23 Å². The predicted molar refractivity (Wildman–Crippen MR) is 101 cm³/mol. The molecular weight excluding hydrogens is 384 g/mol. The monoisotopic (exact) mass is 396 g/mol. The molecule has 25 heavy (non-hydrogen) atoms. The van der Waals surface area contributed by atoms with E-state index in [1.165, 1.54) is 6.07 Å². The molecule has 0 fully saturated rings. The van der Waals surface area contributed by atoms with E-state index in [1.807, 2.05) is 48.5 Å². The summed E-state index contributed by atoms with van der Waals surface area (Å²) in [5.74, 6) is 0. The van der Waals surface area contributed by atoms with Crippen LogP contribution in [0.3, 0.4) is 0 Å². The number of non-ortho nitro benzene ring substituents is 1. The number of fused-ring (bicyclic) bond motifs is 3. The number of halogens is 1. The molecule has 0 amide bonds. The van der Waals surface area contributed by atoms with Crippen molar-refractivity contribution in [3.8, 4) is 0 Å². The number of aliphatic hydroxyl groups is 1. The zero-order valence-electron chi connectivity index (χ0n) is 13.0. The Hall–Kier alpha value is -2.70. The molecule has 0 radical (unpaired) electrons. The van der Waals surface area contributed by atoms with Crippen molar-refractivity contribution in [1.82, 2.24) is 4.57 Å². The molecule has 0 bridgehead atoms. The Bertz CT molecular complexity index is 1120. The quantitative estimate of drug-likeness (QED) is 0.391. The van der Waals surface area contributed by atoms with Crippen LogP contribution >= 0.6 is 15.9 Å². The summed E-state index contributed by atoms with van der Waals surface area (Å²) < 4.78 is 2.60. The minimum absolute atomic E-state index is 0.0331. The molecule has 1 aromatic heterocycles. The molecule has 0 aliphatic rings. The Morgan fingerprint density at radius 3 is 2.40 bits per heavy atom. The molecule has 1 heterocycles. The van der Waals surface area contributed by atoms with Crippen LogP contribution in [0.5, 0.6) is 0 Å². The zero-order valence-corrected chi connectivity index (χ0v) is 14.6. The summed E-state index contributed by atoms with van der Waals surface area (Å²) in [7, 11) is 0. The van der Waals surface area contributed by atoms with E-state index in [0.717, 1.165) is 31.8 Å². The minimum Gasteiger partial charge on any atom is -0.369 e. The Labute approximate surface area is 151 Å². The van der Waals surface area contributed by atoms with E-state index in [4.69, 9.17) is 0 Å². The van der Waals surface area contributed by atoms with Gasteiger partial charge in [-0.05, 0) is 18.2 Å². The third-order valence-corrected chi connectivity index (χ3v) is 5.05. The van der Waals surface area contributed by atoms with Gasteiger partial charge in [-0.1, -0.05) is 52.3 Å². The summed E-state index contributed by atoms with van der Waals surface area (Å²) in [5.41, 5.74) is 2.32. The maximum atomic E-state index is 11.1. The van der Waals surface area contributed by atoms with Gasteiger partial charge in [-0.3, -0.25) is 10.1 Å². The van der Waals surface area contributed by atoms with Crippen LogP contribution in [0, 0.1) is 10.1 Å². The van der Waals surface area contributed by atoms with Crippen molar-refractivity contribution in [3.63, 3.8) is 0 Å². The summed E-state index contributed by atoms with van der Waals surface area (Å²) in [6, 6.07) is 19.8. The second kappa shape index (κ2) is 5.98. The number of aliphatic hydroxyl groups excluding tert-OH is 1. The summed E-state index contributed by atoms with van der Waals surface area (Å²) in [6.45, 7) is 0. The van der Waals surface area contributed by atoms with Crippen LogP contribution in [0.2, 0.25) is 0 Å². The van der Waals surface area contributed by atoms with E-state index in [2.05, 4.69) is 15.9 Å². The minimum atomic E-state index is -0.917. The number of nitro benzene ring substituents is 1. The lowest BCUT2D eigenvalue weighted by Crippen LogP contribution is -2.10. The van der Waals surface area contributed by atoms with Crippen molar-refractivity contribution in [2.75, 3.05) is 0 Å². The summed E-state index contributed by atoms with van der Waals surface area (Å²) >= 11 is 3.48. The van der Waals surface area contributed by atoms with Gasteiger partial charge in [0.2, 0.25) is 0 Å². The fourth-order valence-electron chi connectivity index (χ4n) is 3.19. The van der Waals surface area contributed by atoms with Gasteiger partial charge >= 0.3 is 0 Å². The second-order valence-electron chi connectivity index (χ2n) is 5.74. The number of nitrogens with zero attached hydrogens (tertiary/aromatic N) is 2. The van der Waals surface area contributed by atoms with Crippen LogP contribution in [-0.4, -0.2) is 14.6 Å². The molecule has 0 aliphatic heterocycles. The zero-order chi connectivity index (χ0) is 17.6. The number of benzene rings is 3. The lowest BCUT2D eigenvalue weighted by Gasteiger charge is -2.17. The summed E-state index contributed by atoms with van der Waals surface area (Å²) in [6.07, 6.45) is -0.917. The van der Waals surface area contributed by atoms with Crippen molar-refractivity contribution < 1.29 is 10.0 Å². The van der Waals surface area contributed by atoms with Crippen LogP contribution in [0.25, 0.3) is 21.8 Å². The standard InChI is InChI=1S/C19H13BrN2O3/c20-16-7-3-1-6-14(16)19(23)21-17-8-4-2-5-13(17)15-11-12(22(24)25)9-10-18(15)21/h1-11,19,23H. The van der Waals surface area contributed by atoms with Gasteiger partial charge in [0.05, 0.1) is 16.0 Å². The maximum Gasteiger partial charge on any atom is 0.270 e. The van der Waals surface area contributed by atoms with Crippen molar-refractivity contribution in [1.29, 1.82) is 0 Å². The van der Waals surface area contributed by atoms with E-state index in [9.17, 15) is 15.2 Å². The van der Waals surface area contributed by atoms with E-state index in [-0.39, 0.29) is 5.69 Å².